The number of likely N-dealkylation sites (N-methyl/N-ethyl adjacent to an activating group) is 1. The van der Waals surface area contributed by atoms with Crippen LogP contribution in [-0.2, 0) is 0 Å². The molecular weight excluding hydrogens is 264 g/mol. The van der Waals surface area contributed by atoms with Crippen molar-refractivity contribution in [1.29, 1.82) is 5.26 Å². The minimum atomic E-state index is -0.470. The first-order chi connectivity index (χ1) is 10.1. The fraction of sp³-hybridized carbons (Fsp3) is 0.588. The van der Waals surface area contributed by atoms with E-state index in [-0.39, 0.29) is 0 Å². The summed E-state index contributed by atoms with van der Waals surface area (Å²) >= 11 is 0. The van der Waals surface area contributed by atoms with E-state index in [1.807, 2.05) is 12.1 Å². The van der Waals surface area contributed by atoms with Gasteiger partial charge < -0.3 is 14.7 Å². The van der Waals surface area contributed by atoms with Crippen LogP contribution in [0, 0.1) is 11.3 Å². The molecule has 1 fully saturated rings. The Kier molecular flexibility index (Phi) is 5.60. The summed E-state index contributed by atoms with van der Waals surface area (Å²) in [6.07, 6.45) is 5.07. The SMILES string of the molecule is CN(CCCOc1ccc(C#N)cc1)CC1(O)CCCC1. The van der Waals surface area contributed by atoms with Crippen LogP contribution in [-0.4, -0.2) is 42.4 Å². The van der Waals surface area contributed by atoms with Gasteiger partial charge in [-0.2, -0.15) is 5.26 Å². The third-order valence-corrected chi connectivity index (χ3v) is 4.03. The molecular formula is C17H24N2O2. The fourth-order valence-electron chi connectivity index (χ4n) is 2.92. The number of benzene rings is 1. The van der Waals surface area contributed by atoms with E-state index in [4.69, 9.17) is 10.00 Å². The molecule has 0 saturated heterocycles. The smallest absolute Gasteiger partial charge is 0.119 e. The summed E-state index contributed by atoms with van der Waals surface area (Å²) in [5, 5.41) is 19.1. The molecule has 1 saturated carbocycles. The van der Waals surface area contributed by atoms with E-state index in [9.17, 15) is 5.11 Å². The molecule has 2 rings (SSSR count). The summed E-state index contributed by atoms with van der Waals surface area (Å²) in [5.74, 6) is 0.797. The monoisotopic (exact) mass is 288 g/mol. The predicted octanol–water partition coefficient (Wildman–Crippen LogP) is 2.56. The Hall–Kier alpha value is -1.57. The maximum atomic E-state index is 10.3. The molecule has 1 aliphatic carbocycles. The summed E-state index contributed by atoms with van der Waals surface area (Å²) in [6.45, 7) is 2.32. The number of hydrogen-bond donors (Lipinski definition) is 1. The normalized spacial score (nSPS) is 16.9. The topological polar surface area (TPSA) is 56.5 Å². The van der Waals surface area contributed by atoms with Gasteiger partial charge in [-0.1, -0.05) is 12.8 Å². The van der Waals surface area contributed by atoms with Crippen molar-refractivity contribution < 1.29 is 9.84 Å². The molecule has 0 heterocycles. The third kappa shape index (κ3) is 5.04. The van der Waals surface area contributed by atoms with Crippen molar-refractivity contribution in [3.8, 4) is 11.8 Å². The van der Waals surface area contributed by atoms with Gasteiger partial charge in [0, 0.05) is 13.1 Å². The Morgan fingerprint density at radius 1 is 1.29 bits per heavy atom. The van der Waals surface area contributed by atoms with Gasteiger partial charge in [0.1, 0.15) is 5.75 Å². The highest BCUT2D eigenvalue weighted by molar-refractivity contribution is 5.34. The number of ether oxygens (including phenoxy) is 1. The zero-order valence-corrected chi connectivity index (χ0v) is 12.7. The van der Waals surface area contributed by atoms with Gasteiger partial charge in [0.25, 0.3) is 0 Å². The second-order valence-corrected chi connectivity index (χ2v) is 6.01. The van der Waals surface area contributed by atoms with Crippen LogP contribution in [0.3, 0.4) is 0 Å². The lowest BCUT2D eigenvalue weighted by Crippen LogP contribution is -2.39. The first-order valence-electron chi connectivity index (χ1n) is 7.65. The van der Waals surface area contributed by atoms with E-state index in [1.165, 1.54) is 0 Å². The quantitative estimate of drug-likeness (QED) is 0.783. The van der Waals surface area contributed by atoms with E-state index in [0.29, 0.717) is 12.2 Å². The highest BCUT2D eigenvalue weighted by Crippen LogP contribution is 2.29. The third-order valence-electron chi connectivity index (χ3n) is 4.03. The summed E-state index contributed by atoms with van der Waals surface area (Å²) in [6, 6.07) is 9.26. The maximum Gasteiger partial charge on any atom is 0.119 e. The molecule has 1 N–H and O–H groups in total. The summed E-state index contributed by atoms with van der Waals surface area (Å²) in [4.78, 5) is 2.19. The summed E-state index contributed by atoms with van der Waals surface area (Å²) in [7, 11) is 2.05. The van der Waals surface area contributed by atoms with Crippen molar-refractivity contribution in [2.75, 3.05) is 26.7 Å². The molecule has 4 nitrogen and oxygen atoms in total. The van der Waals surface area contributed by atoms with Crippen molar-refractivity contribution in [1.82, 2.24) is 4.90 Å². The second kappa shape index (κ2) is 7.44. The minimum absolute atomic E-state index is 0.470. The average Bonchev–Trinajstić information content (AvgIpc) is 2.90. The molecule has 4 heteroatoms. The van der Waals surface area contributed by atoms with Crippen LogP contribution < -0.4 is 4.74 Å². The molecule has 1 aromatic carbocycles. The van der Waals surface area contributed by atoms with Crippen LogP contribution in [0.1, 0.15) is 37.7 Å². The molecule has 0 amide bonds. The molecule has 1 aliphatic rings. The molecule has 0 spiro atoms. The fourth-order valence-corrected chi connectivity index (χ4v) is 2.92. The van der Waals surface area contributed by atoms with Gasteiger partial charge in [-0.25, -0.2) is 0 Å². The highest BCUT2D eigenvalue weighted by Gasteiger charge is 2.31. The predicted molar refractivity (Wildman–Crippen MR) is 82.2 cm³/mol. The molecule has 21 heavy (non-hydrogen) atoms. The molecule has 1 aromatic rings. The Labute approximate surface area is 127 Å². The Bertz CT molecular complexity index is 473. The van der Waals surface area contributed by atoms with Gasteiger partial charge in [-0.15, -0.1) is 0 Å². The zero-order chi connectivity index (χ0) is 15.1. The lowest BCUT2D eigenvalue weighted by atomic mass is 10.0. The number of rotatable bonds is 7. The largest absolute Gasteiger partial charge is 0.494 e. The number of hydrogen-bond acceptors (Lipinski definition) is 4. The lowest BCUT2D eigenvalue weighted by Gasteiger charge is -2.28. The maximum absolute atomic E-state index is 10.3. The highest BCUT2D eigenvalue weighted by atomic mass is 16.5. The van der Waals surface area contributed by atoms with Crippen LogP contribution in [0.2, 0.25) is 0 Å². The van der Waals surface area contributed by atoms with Crippen LogP contribution in [0.15, 0.2) is 24.3 Å². The Morgan fingerprint density at radius 2 is 1.95 bits per heavy atom. The van der Waals surface area contributed by atoms with Crippen molar-refractivity contribution in [2.45, 2.75) is 37.7 Å². The van der Waals surface area contributed by atoms with Crippen LogP contribution >= 0.6 is 0 Å². The average molecular weight is 288 g/mol. The molecule has 114 valence electrons. The van der Waals surface area contributed by atoms with Gasteiger partial charge in [0.05, 0.1) is 23.8 Å². The zero-order valence-electron chi connectivity index (χ0n) is 12.7. The van der Waals surface area contributed by atoms with Crippen molar-refractivity contribution in [2.24, 2.45) is 0 Å². The van der Waals surface area contributed by atoms with Crippen LogP contribution in [0.4, 0.5) is 0 Å². The first kappa shape index (κ1) is 15.8. The van der Waals surface area contributed by atoms with Crippen LogP contribution in [0.25, 0.3) is 0 Å². The Balaban J connectivity index is 1.63. The Morgan fingerprint density at radius 3 is 2.57 bits per heavy atom. The van der Waals surface area contributed by atoms with Gasteiger partial charge >= 0.3 is 0 Å². The van der Waals surface area contributed by atoms with Crippen LogP contribution in [0.5, 0.6) is 5.75 Å². The first-order valence-corrected chi connectivity index (χ1v) is 7.65. The molecule has 0 unspecified atom stereocenters. The van der Waals surface area contributed by atoms with Crippen molar-refractivity contribution in [3.05, 3.63) is 29.8 Å². The van der Waals surface area contributed by atoms with E-state index >= 15 is 0 Å². The molecule has 0 radical (unpaired) electrons. The second-order valence-electron chi connectivity index (χ2n) is 6.01. The summed E-state index contributed by atoms with van der Waals surface area (Å²) < 4.78 is 5.65. The molecule has 0 aliphatic heterocycles. The summed E-state index contributed by atoms with van der Waals surface area (Å²) in [5.41, 5.74) is 0.176. The van der Waals surface area contributed by atoms with Gasteiger partial charge in [0.2, 0.25) is 0 Å². The number of nitriles is 1. The minimum Gasteiger partial charge on any atom is -0.494 e. The molecule has 0 atom stereocenters. The standard InChI is InChI=1S/C17H24N2O2/c1-19(14-17(20)9-2-3-10-17)11-4-12-21-16-7-5-15(13-18)6-8-16/h5-8,20H,2-4,9-12,14H2,1H3. The van der Waals surface area contributed by atoms with Crippen molar-refractivity contribution in [3.63, 3.8) is 0 Å². The lowest BCUT2D eigenvalue weighted by molar-refractivity contribution is 0.0155. The van der Waals surface area contributed by atoms with E-state index < -0.39 is 5.60 Å². The van der Waals surface area contributed by atoms with Gasteiger partial charge in [-0.3, -0.25) is 0 Å². The van der Waals surface area contributed by atoms with Crippen molar-refractivity contribution >= 4 is 0 Å². The van der Waals surface area contributed by atoms with Gasteiger partial charge in [-0.05, 0) is 50.6 Å². The molecule has 0 aromatic heterocycles. The van der Waals surface area contributed by atoms with E-state index in [0.717, 1.165) is 50.9 Å². The van der Waals surface area contributed by atoms with E-state index in [1.54, 1.807) is 12.1 Å². The number of nitrogens with zero attached hydrogens (tertiary/aromatic N) is 2. The molecule has 0 bridgehead atoms. The number of aliphatic hydroxyl groups is 1. The van der Waals surface area contributed by atoms with Gasteiger partial charge in [0.15, 0.2) is 0 Å². The van der Waals surface area contributed by atoms with E-state index in [2.05, 4.69) is 18.0 Å².